The summed E-state index contributed by atoms with van der Waals surface area (Å²) in [5.74, 6) is 0.688. The number of amides is 2. The number of fused-ring (bicyclic) bond motifs is 1. The van der Waals surface area contributed by atoms with Crippen LogP contribution in [0.15, 0.2) is 12.5 Å². The molecule has 0 radical (unpaired) electrons. The fourth-order valence-electron chi connectivity index (χ4n) is 3.49. The van der Waals surface area contributed by atoms with Gasteiger partial charge in [0.1, 0.15) is 6.04 Å². The molecule has 2 amide bonds. The van der Waals surface area contributed by atoms with Gasteiger partial charge in [-0.15, -0.1) is 0 Å². The Morgan fingerprint density at radius 2 is 2.13 bits per heavy atom. The van der Waals surface area contributed by atoms with E-state index < -0.39 is 6.04 Å². The Kier molecular flexibility index (Phi) is 3.60. The van der Waals surface area contributed by atoms with E-state index in [1.165, 1.54) is 5.06 Å². The first kappa shape index (κ1) is 14.7. The Hall–Kier alpha value is -1.89. The SMILES string of the molecule is C[C@@H]1C[C@@H]1C(=O)N1Cc2cncn2[C@@H](C(=O)N2CCCCO2)C1. The molecule has 0 spiro atoms. The van der Waals surface area contributed by atoms with Crippen LogP contribution in [0.1, 0.15) is 37.9 Å². The molecule has 3 atom stereocenters. The number of hydrogen-bond acceptors (Lipinski definition) is 4. The van der Waals surface area contributed by atoms with Crippen LogP contribution in [0, 0.1) is 11.8 Å². The molecule has 7 heteroatoms. The Bertz CT molecular complexity index is 623. The van der Waals surface area contributed by atoms with Gasteiger partial charge in [-0.3, -0.25) is 14.4 Å². The lowest BCUT2D eigenvalue weighted by molar-refractivity contribution is -0.201. The molecular formula is C16H22N4O3. The molecule has 0 bridgehead atoms. The van der Waals surface area contributed by atoms with Crippen molar-refractivity contribution in [2.24, 2.45) is 11.8 Å². The molecule has 1 aromatic heterocycles. The number of rotatable bonds is 2. The molecule has 2 aliphatic heterocycles. The predicted molar refractivity (Wildman–Crippen MR) is 80.9 cm³/mol. The van der Waals surface area contributed by atoms with E-state index in [2.05, 4.69) is 11.9 Å². The third-order valence-electron chi connectivity index (χ3n) is 5.10. The van der Waals surface area contributed by atoms with Crippen LogP contribution in [0.25, 0.3) is 0 Å². The molecule has 1 saturated heterocycles. The van der Waals surface area contributed by atoms with Crippen molar-refractivity contribution in [2.75, 3.05) is 19.7 Å². The van der Waals surface area contributed by atoms with Crippen LogP contribution in [-0.2, 0) is 21.0 Å². The van der Waals surface area contributed by atoms with Crippen LogP contribution < -0.4 is 0 Å². The molecule has 0 aromatic carbocycles. The number of aromatic nitrogens is 2. The number of hydroxylamine groups is 2. The fourth-order valence-corrected chi connectivity index (χ4v) is 3.49. The Labute approximate surface area is 135 Å². The summed E-state index contributed by atoms with van der Waals surface area (Å²) < 4.78 is 1.89. The lowest BCUT2D eigenvalue weighted by Crippen LogP contribution is -2.49. The van der Waals surface area contributed by atoms with Gasteiger partial charge >= 0.3 is 0 Å². The fraction of sp³-hybridized carbons (Fsp3) is 0.688. The summed E-state index contributed by atoms with van der Waals surface area (Å²) in [4.78, 5) is 36.9. The second kappa shape index (κ2) is 5.63. The highest BCUT2D eigenvalue weighted by atomic mass is 16.7. The first-order chi connectivity index (χ1) is 11.1. The quantitative estimate of drug-likeness (QED) is 0.815. The molecule has 3 heterocycles. The average molecular weight is 318 g/mol. The van der Waals surface area contributed by atoms with Gasteiger partial charge in [-0.2, -0.15) is 0 Å². The Morgan fingerprint density at radius 3 is 2.83 bits per heavy atom. The molecule has 2 fully saturated rings. The average Bonchev–Trinajstić information content (AvgIpc) is 3.12. The summed E-state index contributed by atoms with van der Waals surface area (Å²) in [6.45, 7) is 4.24. The third kappa shape index (κ3) is 2.63. The molecule has 1 aromatic rings. The number of hydrogen-bond donors (Lipinski definition) is 0. The Balaban J connectivity index is 1.55. The monoisotopic (exact) mass is 318 g/mol. The maximum atomic E-state index is 12.8. The summed E-state index contributed by atoms with van der Waals surface area (Å²) >= 11 is 0. The topological polar surface area (TPSA) is 67.7 Å². The largest absolute Gasteiger partial charge is 0.334 e. The van der Waals surface area contributed by atoms with Crippen molar-refractivity contribution in [3.63, 3.8) is 0 Å². The molecule has 124 valence electrons. The zero-order valence-corrected chi connectivity index (χ0v) is 13.4. The van der Waals surface area contributed by atoms with Crippen LogP contribution in [0.5, 0.6) is 0 Å². The smallest absolute Gasteiger partial charge is 0.271 e. The van der Waals surface area contributed by atoms with Crippen LogP contribution in [0.3, 0.4) is 0 Å². The van der Waals surface area contributed by atoms with Crippen LogP contribution in [-0.4, -0.2) is 51.0 Å². The van der Waals surface area contributed by atoms with Gasteiger partial charge in [-0.1, -0.05) is 6.92 Å². The minimum Gasteiger partial charge on any atom is -0.334 e. The van der Waals surface area contributed by atoms with Gasteiger partial charge in [0.2, 0.25) is 5.91 Å². The summed E-state index contributed by atoms with van der Waals surface area (Å²) in [5.41, 5.74) is 0.910. The van der Waals surface area contributed by atoms with E-state index in [1.807, 2.05) is 9.47 Å². The highest BCUT2D eigenvalue weighted by molar-refractivity contribution is 5.84. The number of carbonyl (C=O) groups is 2. The molecule has 4 rings (SSSR count). The van der Waals surface area contributed by atoms with E-state index in [4.69, 9.17) is 4.84 Å². The lowest BCUT2D eigenvalue weighted by Gasteiger charge is -2.37. The molecule has 3 aliphatic rings. The minimum atomic E-state index is -0.433. The summed E-state index contributed by atoms with van der Waals surface area (Å²) in [5, 5.41) is 1.46. The second-order valence-corrected chi connectivity index (χ2v) is 6.83. The van der Waals surface area contributed by atoms with Gasteiger partial charge in [0.25, 0.3) is 5.91 Å². The Morgan fingerprint density at radius 1 is 1.30 bits per heavy atom. The van der Waals surface area contributed by atoms with Gasteiger partial charge in [0.05, 0.1) is 31.7 Å². The van der Waals surface area contributed by atoms with Crippen molar-refractivity contribution < 1.29 is 14.4 Å². The first-order valence-corrected chi connectivity index (χ1v) is 8.39. The third-order valence-corrected chi connectivity index (χ3v) is 5.10. The van der Waals surface area contributed by atoms with Gasteiger partial charge in [0, 0.05) is 18.7 Å². The molecule has 1 saturated carbocycles. The van der Waals surface area contributed by atoms with Crippen LogP contribution in [0.4, 0.5) is 0 Å². The maximum Gasteiger partial charge on any atom is 0.271 e. The van der Waals surface area contributed by atoms with Gasteiger partial charge < -0.3 is 9.47 Å². The molecule has 0 N–H and O–H groups in total. The lowest BCUT2D eigenvalue weighted by atomic mass is 10.1. The highest BCUT2D eigenvalue weighted by Gasteiger charge is 2.44. The predicted octanol–water partition coefficient (Wildman–Crippen LogP) is 0.976. The standard InChI is InChI=1S/C16H22N4O3/c1-11-6-13(11)15(21)18-8-12-7-17-10-19(12)14(9-18)16(22)20-4-2-3-5-23-20/h7,10-11,13-14H,2-6,8-9H2,1H3/t11-,13+,14-/m1/s1. The van der Waals surface area contributed by atoms with Crippen molar-refractivity contribution in [2.45, 2.75) is 38.8 Å². The highest BCUT2D eigenvalue weighted by Crippen LogP contribution is 2.40. The summed E-state index contributed by atoms with van der Waals surface area (Å²) in [7, 11) is 0. The first-order valence-electron chi connectivity index (χ1n) is 8.39. The molecule has 0 unspecified atom stereocenters. The van der Waals surface area contributed by atoms with Crippen LogP contribution >= 0.6 is 0 Å². The van der Waals surface area contributed by atoms with E-state index in [0.717, 1.165) is 25.0 Å². The van der Waals surface area contributed by atoms with E-state index in [0.29, 0.717) is 32.2 Å². The van der Waals surface area contributed by atoms with Crippen molar-refractivity contribution in [1.29, 1.82) is 0 Å². The molecule has 1 aliphatic carbocycles. The molecule has 23 heavy (non-hydrogen) atoms. The van der Waals surface area contributed by atoms with E-state index in [1.54, 1.807) is 12.5 Å². The zero-order valence-electron chi connectivity index (χ0n) is 13.4. The van der Waals surface area contributed by atoms with Crippen molar-refractivity contribution in [3.05, 3.63) is 18.2 Å². The van der Waals surface area contributed by atoms with Crippen LogP contribution in [0.2, 0.25) is 0 Å². The van der Waals surface area contributed by atoms with E-state index >= 15 is 0 Å². The molecule has 7 nitrogen and oxygen atoms in total. The number of carbonyl (C=O) groups excluding carboxylic acids is 2. The number of imidazole rings is 1. The van der Waals surface area contributed by atoms with Gasteiger partial charge in [-0.25, -0.2) is 10.0 Å². The van der Waals surface area contributed by atoms with Gasteiger partial charge in [0.15, 0.2) is 0 Å². The maximum absolute atomic E-state index is 12.8. The zero-order chi connectivity index (χ0) is 16.0. The van der Waals surface area contributed by atoms with Gasteiger partial charge in [-0.05, 0) is 25.2 Å². The summed E-state index contributed by atoms with van der Waals surface area (Å²) in [6.07, 6.45) is 6.32. The second-order valence-electron chi connectivity index (χ2n) is 6.83. The molecular weight excluding hydrogens is 296 g/mol. The van der Waals surface area contributed by atoms with Crippen molar-refractivity contribution in [1.82, 2.24) is 19.5 Å². The number of nitrogens with zero attached hydrogens (tertiary/aromatic N) is 4. The van der Waals surface area contributed by atoms with Crippen molar-refractivity contribution >= 4 is 11.8 Å². The minimum absolute atomic E-state index is 0.0784. The van der Waals surface area contributed by atoms with Crippen molar-refractivity contribution in [3.8, 4) is 0 Å². The van der Waals surface area contributed by atoms with E-state index in [9.17, 15) is 9.59 Å². The summed E-state index contributed by atoms with van der Waals surface area (Å²) in [6, 6.07) is -0.433. The normalized spacial score (nSPS) is 30.0. The van der Waals surface area contributed by atoms with E-state index in [-0.39, 0.29) is 17.7 Å².